The molecule has 0 bridgehead atoms. The van der Waals surface area contributed by atoms with E-state index in [2.05, 4.69) is 48.0 Å². The van der Waals surface area contributed by atoms with Crippen LogP contribution in [0.3, 0.4) is 0 Å². The van der Waals surface area contributed by atoms with E-state index in [-0.39, 0.29) is 0 Å². The summed E-state index contributed by atoms with van der Waals surface area (Å²) in [6.45, 7) is -2.48. The molecule has 1 heterocycles. The molecule has 0 atom stereocenters. The van der Waals surface area contributed by atoms with E-state index in [1.165, 1.54) is 20.6 Å². The summed E-state index contributed by atoms with van der Waals surface area (Å²) in [5.41, 5.74) is 2.42. The molecule has 0 amide bonds. The van der Waals surface area contributed by atoms with Gasteiger partial charge >= 0.3 is 115 Å². The zero-order valence-corrected chi connectivity index (χ0v) is 11.3. The Kier molecular flexibility index (Phi) is 2.51. The van der Waals surface area contributed by atoms with Gasteiger partial charge in [0.15, 0.2) is 0 Å². The first-order chi connectivity index (χ1) is 7.62. The first-order valence-electron chi connectivity index (χ1n) is 5.20. The predicted octanol–water partition coefficient (Wildman–Crippen LogP) is 1.49. The summed E-state index contributed by atoms with van der Waals surface area (Å²) in [7, 11) is 0. The Balaban J connectivity index is 2.44. The molecule has 1 aliphatic heterocycles. The fraction of sp³-hybridized carbons (Fsp3) is 0. The molecule has 0 radical (unpaired) electrons. The van der Waals surface area contributed by atoms with Crippen LogP contribution in [-0.2, 0) is 0 Å². The van der Waals surface area contributed by atoms with Crippen LogP contribution in [0.25, 0.3) is 11.1 Å². The van der Waals surface area contributed by atoms with Gasteiger partial charge in [0.25, 0.3) is 0 Å². The van der Waals surface area contributed by atoms with E-state index in [1.807, 2.05) is 12.1 Å². The van der Waals surface area contributed by atoms with E-state index in [0.717, 1.165) is 5.19 Å². The monoisotopic (exact) mass is 256 g/mol. The number of fused-ring (bicyclic) bond motifs is 3. The zero-order chi connectivity index (χ0) is 11.3. The predicted molar refractivity (Wildman–Crippen MR) is 74.0 cm³/mol. The van der Waals surface area contributed by atoms with Crippen LogP contribution < -0.4 is 14.6 Å². The molecular weight excluding hydrogens is 250 g/mol. The van der Waals surface area contributed by atoms with E-state index >= 15 is 0 Å². The Hall–Kier alpha value is -0.166. The molecule has 0 unspecified atom stereocenters. The Morgan fingerprint density at radius 2 is 1.56 bits per heavy atom. The van der Waals surface area contributed by atoms with Crippen LogP contribution in [0.2, 0.25) is 0 Å². The summed E-state index contributed by atoms with van der Waals surface area (Å²) >= 11 is 15.4. The van der Waals surface area contributed by atoms with Gasteiger partial charge in [0, 0.05) is 0 Å². The average Bonchev–Trinajstić information content (AvgIpc) is 2.50. The fourth-order valence-corrected chi connectivity index (χ4v) is 7.20. The topological polar surface area (TPSA) is 0 Å². The standard InChI is InChI=1S/C12H7Cl2Si.Li/c13-15(14)11-7-3-1-5-9(11)10-6-2-4-8-12(10)15;/h1-7H;. The molecule has 0 aromatic heterocycles. The van der Waals surface area contributed by atoms with Crippen LogP contribution in [0.4, 0.5) is 0 Å². The van der Waals surface area contributed by atoms with E-state index in [1.54, 1.807) is 0 Å². The zero-order valence-electron chi connectivity index (χ0n) is 8.80. The molecule has 2 aromatic rings. The van der Waals surface area contributed by atoms with Gasteiger partial charge in [-0.3, -0.25) is 0 Å². The van der Waals surface area contributed by atoms with Crippen LogP contribution in [0.15, 0.2) is 42.5 Å². The first-order valence-corrected chi connectivity index (χ1v) is 9.22. The van der Waals surface area contributed by atoms with Crippen molar-refractivity contribution in [3.63, 3.8) is 0 Å². The normalized spacial score (nSPS) is 15.8. The molecule has 0 saturated heterocycles. The third-order valence-electron chi connectivity index (χ3n) is 3.14. The summed E-state index contributed by atoms with van der Waals surface area (Å²) in [5, 5.41) is 2.29. The van der Waals surface area contributed by atoms with Crippen molar-refractivity contribution in [2.24, 2.45) is 0 Å². The second kappa shape index (κ2) is 3.66. The molecular formula is C12H7Cl2LiSi. The Morgan fingerprint density at radius 3 is 2.38 bits per heavy atom. The van der Waals surface area contributed by atoms with Gasteiger partial charge in [-0.2, -0.15) is 0 Å². The van der Waals surface area contributed by atoms with E-state index in [4.69, 9.17) is 22.2 Å². The number of benzene rings is 2. The van der Waals surface area contributed by atoms with Crippen molar-refractivity contribution in [2.75, 3.05) is 0 Å². The number of rotatable bonds is 0. The summed E-state index contributed by atoms with van der Waals surface area (Å²) < 4.78 is 1.20. The number of hydrogen-bond donors (Lipinski definition) is 0. The maximum atomic E-state index is 6.64. The van der Waals surface area contributed by atoms with Gasteiger partial charge in [-0.15, -0.1) is 0 Å². The van der Waals surface area contributed by atoms with Crippen LogP contribution in [0.5, 0.6) is 0 Å². The summed E-state index contributed by atoms with van der Waals surface area (Å²) in [5.74, 6) is 0. The quantitative estimate of drug-likeness (QED) is 0.495. The Morgan fingerprint density at radius 1 is 0.875 bits per heavy atom. The number of hydrogen-bond acceptors (Lipinski definition) is 0. The van der Waals surface area contributed by atoms with E-state index in [9.17, 15) is 0 Å². The van der Waals surface area contributed by atoms with Gasteiger partial charge in [0.2, 0.25) is 0 Å². The minimum absolute atomic E-state index is 1.13. The summed E-state index contributed by atoms with van der Waals surface area (Å²) in [6.07, 6.45) is 0. The Bertz CT molecular complexity index is 581. The van der Waals surface area contributed by atoms with Gasteiger partial charge in [-0.25, -0.2) is 0 Å². The molecule has 74 valence electrons. The second-order valence-corrected chi connectivity index (χ2v) is 10.3. The molecule has 0 N–H and O–H groups in total. The van der Waals surface area contributed by atoms with Crippen molar-refractivity contribution < 1.29 is 0 Å². The average molecular weight is 257 g/mol. The first kappa shape index (κ1) is 11.0. The molecule has 3 rings (SSSR count). The van der Waals surface area contributed by atoms with Gasteiger partial charge in [0.05, 0.1) is 0 Å². The second-order valence-electron chi connectivity index (χ2n) is 4.12. The summed E-state index contributed by atoms with van der Waals surface area (Å²) in [4.78, 5) is 0. The molecule has 0 aliphatic carbocycles. The van der Waals surface area contributed by atoms with Gasteiger partial charge in [-0.1, -0.05) is 0 Å². The summed E-state index contributed by atoms with van der Waals surface area (Å²) in [6, 6.07) is 14.5. The molecule has 0 fully saturated rings. The van der Waals surface area contributed by atoms with Gasteiger partial charge < -0.3 is 0 Å². The van der Waals surface area contributed by atoms with Crippen molar-refractivity contribution in [1.29, 1.82) is 0 Å². The van der Waals surface area contributed by atoms with Crippen LogP contribution in [0.1, 0.15) is 0 Å². The number of halogens is 2. The molecule has 4 heteroatoms. The minimum atomic E-state index is -2.48. The molecule has 0 spiro atoms. The van der Waals surface area contributed by atoms with Crippen molar-refractivity contribution >= 4 is 61.2 Å². The molecule has 0 saturated carbocycles. The van der Waals surface area contributed by atoms with Crippen molar-refractivity contribution in [1.82, 2.24) is 0 Å². The molecule has 1 aliphatic rings. The third kappa shape index (κ3) is 1.37. The van der Waals surface area contributed by atoms with Gasteiger partial charge in [0.1, 0.15) is 0 Å². The van der Waals surface area contributed by atoms with Crippen molar-refractivity contribution in [3.05, 3.63) is 42.5 Å². The molecule has 16 heavy (non-hydrogen) atoms. The molecule has 2 aromatic carbocycles. The van der Waals surface area contributed by atoms with Crippen LogP contribution in [0, 0.1) is 0 Å². The van der Waals surface area contributed by atoms with Gasteiger partial charge in [-0.05, 0) is 0 Å². The Labute approximate surface area is 114 Å². The van der Waals surface area contributed by atoms with Crippen molar-refractivity contribution in [3.8, 4) is 11.1 Å². The van der Waals surface area contributed by atoms with Crippen LogP contribution in [-0.4, -0.2) is 24.4 Å². The molecule has 0 nitrogen and oxygen atoms in total. The fourth-order valence-electron chi connectivity index (χ4n) is 2.44. The van der Waals surface area contributed by atoms with E-state index < -0.39 is 6.69 Å². The SMILES string of the molecule is [Li][c]1cccc2c1[Si](Cl)(Cl)c1ccccc1-2. The maximum absolute atomic E-state index is 6.64. The van der Waals surface area contributed by atoms with E-state index in [0.29, 0.717) is 0 Å². The van der Waals surface area contributed by atoms with Crippen molar-refractivity contribution in [2.45, 2.75) is 0 Å². The third-order valence-corrected chi connectivity index (χ3v) is 7.90. The van der Waals surface area contributed by atoms with Crippen LogP contribution >= 0.6 is 22.2 Å².